The highest BCUT2D eigenvalue weighted by molar-refractivity contribution is 7.89. The van der Waals surface area contributed by atoms with Crippen molar-refractivity contribution in [1.29, 1.82) is 0 Å². The molecule has 0 bridgehead atoms. The average Bonchev–Trinajstić information content (AvgIpc) is 2.68. The second kappa shape index (κ2) is 10.2. The fourth-order valence-electron chi connectivity index (χ4n) is 3.16. The zero-order valence-electron chi connectivity index (χ0n) is 18.6. The molecule has 0 spiro atoms. The van der Waals surface area contributed by atoms with E-state index in [1.807, 2.05) is 6.92 Å². The summed E-state index contributed by atoms with van der Waals surface area (Å²) in [5, 5.41) is 6.10. The van der Waals surface area contributed by atoms with Crippen molar-refractivity contribution in [2.45, 2.75) is 51.1 Å². The summed E-state index contributed by atoms with van der Waals surface area (Å²) in [5.74, 6) is 0.388. The van der Waals surface area contributed by atoms with E-state index in [4.69, 9.17) is 0 Å². The molecule has 0 aromatic heterocycles. The van der Waals surface area contributed by atoms with E-state index in [2.05, 4.69) is 48.7 Å². The second-order valence-electron chi connectivity index (χ2n) is 8.25. The van der Waals surface area contributed by atoms with Crippen molar-refractivity contribution in [1.82, 2.24) is 9.62 Å². The van der Waals surface area contributed by atoms with Crippen molar-refractivity contribution in [2.75, 3.05) is 19.4 Å². The largest absolute Gasteiger partial charge is 0.325 e. The summed E-state index contributed by atoms with van der Waals surface area (Å²) in [7, 11) is -0.604. The van der Waals surface area contributed by atoms with Crippen LogP contribution in [0.25, 0.3) is 0 Å². The Morgan fingerprint density at radius 3 is 2.20 bits per heavy atom. The standard InChI is InChI=1S/C23H33N3O3S/c1-16(2)14-19-10-12-20(13-11-19)17(3)24-18(4)23(27)25-21-8-7-9-22(15-21)30(28,29)26(5)6/h7-13,15-18,24H,14H2,1-6H3,(H,25,27)/t17-,18+/m1/s1. The van der Waals surface area contributed by atoms with Gasteiger partial charge in [0, 0.05) is 25.8 Å². The molecule has 2 rings (SSSR count). The summed E-state index contributed by atoms with van der Waals surface area (Å²) in [6.45, 7) is 8.21. The van der Waals surface area contributed by atoms with Gasteiger partial charge in [0.25, 0.3) is 0 Å². The van der Waals surface area contributed by atoms with Gasteiger partial charge < -0.3 is 5.32 Å². The van der Waals surface area contributed by atoms with Crippen molar-refractivity contribution in [3.63, 3.8) is 0 Å². The first-order valence-corrected chi connectivity index (χ1v) is 11.6. The minimum atomic E-state index is -3.56. The number of sulfonamides is 1. The number of hydrogen-bond acceptors (Lipinski definition) is 4. The lowest BCUT2D eigenvalue weighted by Crippen LogP contribution is -2.39. The molecule has 2 aromatic rings. The summed E-state index contributed by atoms with van der Waals surface area (Å²) in [6.07, 6.45) is 1.05. The molecular formula is C23H33N3O3S. The van der Waals surface area contributed by atoms with E-state index >= 15 is 0 Å². The molecule has 2 N–H and O–H groups in total. The first-order valence-electron chi connectivity index (χ1n) is 10.2. The van der Waals surface area contributed by atoms with Crippen LogP contribution in [0.5, 0.6) is 0 Å². The van der Waals surface area contributed by atoms with Crippen LogP contribution in [0, 0.1) is 5.92 Å². The normalized spacial score (nSPS) is 14.0. The van der Waals surface area contributed by atoms with Gasteiger partial charge in [-0.25, -0.2) is 12.7 Å². The molecular weight excluding hydrogens is 398 g/mol. The van der Waals surface area contributed by atoms with Gasteiger partial charge in [0.1, 0.15) is 0 Å². The molecule has 0 unspecified atom stereocenters. The Bertz CT molecular complexity index is 954. The van der Waals surface area contributed by atoms with Gasteiger partial charge in [-0.15, -0.1) is 0 Å². The molecule has 2 aromatic carbocycles. The maximum Gasteiger partial charge on any atom is 0.242 e. The lowest BCUT2D eigenvalue weighted by Gasteiger charge is -2.20. The van der Waals surface area contributed by atoms with E-state index in [1.54, 1.807) is 19.1 Å². The van der Waals surface area contributed by atoms with Crippen LogP contribution >= 0.6 is 0 Å². The van der Waals surface area contributed by atoms with Gasteiger partial charge in [-0.1, -0.05) is 44.2 Å². The first kappa shape index (κ1) is 24.1. The van der Waals surface area contributed by atoms with Crippen molar-refractivity contribution in [2.24, 2.45) is 5.92 Å². The minimum Gasteiger partial charge on any atom is -0.325 e. The van der Waals surface area contributed by atoms with Gasteiger partial charge in [0.2, 0.25) is 15.9 Å². The van der Waals surface area contributed by atoms with Gasteiger partial charge in [-0.2, -0.15) is 0 Å². The fraction of sp³-hybridized carbons (Fsp3) is 0.435. The monoisotopic (exact) mass is 431 g/mol. The smallest absolute Gasteiger partial charge is 0.242 e. The first-order chi connectivity index (χ1) is 14.0. The molecule has 164 valence electrons. The lowest BCUT2D eigenvalue weighted by molar-refractivity contribution is -0.117. The van der Waals surface area contributed by atoms with Crippen LogP contribution in [0.3, 0.4) is 0 Å². The van der Waals surface area contributed by atoms with Gasteiger partial charge in [-0.05, 0) is 55.5 Å². The maximum atomic E-state index is 12.6. The Morgan fingerprint density at radius 2 is 1.63 bits per heavy atom. The highest BCUT2D eigenvalue weighted by Crippen LogP contribution is 2.19. The third kappa shape index (κ3) is 6.39. The summed E-state index contributed by atoms with van der Waals surface area (Å²) >= 11 is 0. The number of amides is 1. The predicted octanol–water partition coefficient (Wildman–Crippen LogP) is 3.81. The van der Waals surface area contributed by atoms with Crippen LogP contribution in [-0.2, 0) is 21.2 Å². The second-order valence-corrected chi connectivity index (χ2v) is 10.4. The quantitative estimate of drug-likeness (QED) is 0.633. The minimum absolute atomic E-state index is 0.000645. The average molecular weight is 432 g/mol. The van der Waals surface area contributed by atoms with Crippen LogP contribution in [-0.4, -0.2) is 38.8 Å². The number of nitrogens with one attached hydrogen (secondary N) is 2. The summed E-state index contributed by atoms with van der Waals surface area (Å²) in [6, 6.07) is 14.3. The van der Waals surface area contributed by atoms with Crippen LogP contribution in [0.2, 0.25) is 0 Å². The third-order valence-corrected chi connectivity index (χ3v) is 6.71. The van der Waals surface area contributed by atoms with Gasteiger partial charge >= 0.3 is 0 Å². The van der Waals surface area contributed by atoms with Crippen LogP contribution in [0.4, 0.5) is 5.69 Å². The summed E-state index contributed by atoms with van der Waals surface area (Å²) in [5.41, 5.74) is 2.86. The SMILES string of the molecule is CC(C)Cc1ccc([C@@H](C)N[C@@H](C)C(=O)Nc2cccc(S(=O)(=O)N(C)C)c2)cc1. The molecule has 0 radical (unpaired) electrons. The molecule has 0 aliphatic heterocycles. The summed E-state index contributed by atoms with van der Waals surface area (Å²) < 4.78 is 25.7. The summed E-state index contributed by atoms with van der Waals surface area (Å²) in [4.78, 5) is 12.8. The number of hydrogen-bond donors (Lipinski definition) is 2. The molecule has 7 heteroatoms. The number of anilines is 1. The topological polar surface area (TPSA) is 78.5 Å². The van der Waals surface area contributed by atoms with Crippen molar-refractivity contribution in [3.05, 3.63) is 59.7 Å². The maximum absolute atomic E-state index is 12.6. The molecule has 30 heavy (non-hydrogen) atoms. The molecule has 0 saturated heterocycles. The Balaban J connectivity index is 2.01. The zero-order chi connectivity index (χ0) is 22.5. The molecule has 0 heterocycles. The molecule has 2 atom stereocenters. The molecule has 0 saturated carbocycles. The number of nitrogens with zero attached hydrogens (tertiary/aromatic N) is 1. The lowest BCUT2D eigenvalue weighted by atomic mass is 9.99. The van der Waals surface area contributed by atoms with Crippen molar-refractivity contribution in [3.8, 4) is 0 Å². The number of rotatable bonds is 9. The number of carbonyl (C=O) groups excluding carboxylic acids is 1. The molecule has 0 aliphatic carbocycles. The van der Waals surface area contributed by atoms with E-state index in [0.717, 1.165) is 16.3 Å². The molecule has 6 nitrogen and oxygen atoms in total. The Labute approximate surface area is 180 Å². The van der Waals surface area contributed by atoms with E-state index < -0.39 is 16.1 Å². The number of benzene rings is 2. The fourth-order valence-corrected chi connectivity index (χ4v) is 4.10. The third-order valence-electron chi connectivity index (χ3n) is 4.90. The molecule has 1 amide bonds. The van der Waals surface area contributed by atoms with E-state index in [0.29, 0.717) is 11.6 Å². The van der Waals surface area contributed by atoms with Gasteiger partial charge in [-0.3, -0.25) is 10.1 Å². The van der Waals surface area contributed by atoms with Crippen LogP contribution < -0.4 is 10.6 Å². The van der Waals surface area contributed by atoms with Gasteiger partial charge in [0.05, 0.1) is 10.9 Å². The van der Waals surface area contributed by atoms with E-state index in [1.165, 1.54) is 31.8 Å². The Kier molecular flexibility index (Phi) is 8.18. The van der Waals surface area contributed by atoms with E-state index in [9.17, 15) is 13.2 Å². The zero-order valence-corrected chi connectivity index (χ0v) is 19.5. The Hall–Kier alpha value is -2.22. The highest BCUT2D eigenvalue weighted by Gasteiger charge is 2.20. The van der Waals surface area contributed by atoms with Crippen LogP contribution in [0.1, 0.15) is 44.9 Å². The van der Waals surface area contributed by atoms with Crippen molar-refractivity contribution < 1.29 is 13.2 Å². The van der Waals surface area contributed by atoms with Gasteiger partial charge in [0.15, 0.2) is 0 Å². The Morgan fingerprint density at radius 1 is 1.00 bits per heavy atom. The molecule has 0 fully saturated rings. The number of carbonyl (C=O) groups is 1. The highest BCUT2D eigenvalue weighted by atomic mass is 32.2. The van der Waals surface area contributed by atoms with Crippen LogP contribution in [0.15, 0.2) is 53.4 Å². The predicted molar refractivity (Wildman–Crippen MR) is 122 cm³/mol. The molecule has 0 aliphatic rings. The van der Waals surface area contributed by atoms with Crippen molar-refractivity contribution >= 4 is 21.6 Å². The van der Waals surface area contributed by atoms with E-state index in [-0.39, 0.29) is 16.8 Å².